The SMILES string of the molecule is CCOC(=O)C1=C(O)[C@@H]2Oc3cc(OC)cc(OC)c3[C@@H]2[C@H]1C(C)C. The first-order valence-corrected chi connectivity index (χ1v) is 8.47. The van der Waals surface area contributed by atoms with E-state index in [1.165, 1.54) is 0 Å². The highest BCUT2D eigenvalue weighted by molar-refractivity contribution is 5.91. The molecule has 3 atom stereocenters. The number of ether oxygens (including phenoxy) is 4. The van der Waals surface area contributed by atoms with Gasteiger partial charge < -0.3 is 24.1 Å². The molecular weight excluding hydrogens is 324 g/mol. The third kappa shape index (κ3) is 2.60. The van der Waals surface area contributed by atoms with E-state index in [2.05, 4.69) is 0 Å². The largest absolute Gasteiger partial charge is 0.508 e. The van der Waals surface area contributed by atoms with Crippen molar-refractivity contribution in [3.63, 3.8) is 0 Å². The van der Waals surface area contributed by atoms with Crippen LogP contribution in [0.5, 0.6) is 17.2 Å². The monoisotopic (exact) mass is 348 g/mol. The van der Waals surface area contributed by atoms with Crippen molar-refractivity contribution >= 4 is 5.97 Å². The molecule has 0 radical (unpaired) electrons. The van der Waals surface area contributed by atoms with E-state index in [4.69, 9.17) is 18.9 Å². The van der Waals surface area contributed by atoms with Gasteiger partial charge in [0.1, 0.15) is 23.0 Å². The molecule has 1 aliphatic carbocycles. The van der Waals surface area contributed by atoms with Crippen LogP contribution in [0.1, 0.15) is 32.3 Å². The fourth-order valence-corrected chi connectivity index (χ4v) is 3.95. The molecule has 0 saturated carbocycles. The molecule has 0 saturated heterocycles. The minimum Gasteiger partial charge on any atom is -0.508 e. The van der Waals surface area contributed by atoms with Gasteiger partial charge in [0, 0.05) is 29.5 Å². The lowest BCUT2D eigenvalue weighted by atomic mass is 9.78. The third-order valence-corrected chi connectivity index (χ3v) is 4.93. The Balaban J connectivity index is 2.11. The van der Waals surface area contributed by atoms with E-state index in [0.717, 1.165) is 5.56 Å². The van der Waals surface area contributed by atoms with Gasteiger partial charge in [-0.25, -0.2) is 4.79 Å². The Hall–Kier alpha value is -2.37. The third-order valence-electron chi connectivity index (χ3n) is 4.93. The quantitative estimate of drug-likeness (QED) is 0.824. The van der Waals surface area contributed by atoms with E-state index in [9.17, 15) is 9.90 Å². The number of esters is 1. The van der Waals surface area contributed by atoms with Crippen LogP contribution < -0.4 is 14.2 Å². The minimum atomic E-state index is -0.609. The highest BCUT2D eigenvalue weighted by Crippen LogP contribution is 2.57. The van der Waals surface area contributed by atoms with Gasteiger partial charge in [0.2, 0.25) is 0 Å². The van der Waals surface area contributed by atoms with Crippen molar-refractivity contribution in [2.45, 2.75) is 32.8 Å². The highest BCUT2D eigenvalue weighted by atomic mass is 16.5. The van der Waals surface area contributed by atoms with Crippen molar-refractivity contribution in [1.29, 1.82) is 0 Å². The summed E-state index contributed by atoms with van der Waals surface area (Å²) in [5.41, 5.74) is 1.17. The lowest BCUT2D eigenvalue weighted by Crippen LogP contribution is -2.24. The summed E-state index contributed by atoms with van der Waals surface area (Å²) in [6.45, 7) is 6.05. The number of hydrogen-bond donors (Lipinski definition) is 1. The van der Waals surface area contributed by atoms with Crippen molar-refractivity contribution in [2.75, 3.05) is 20.8 Å². The Morgan fingerprint density at radius 2 is 2.00 bits per heavy atom. The Morgan fingerprint density at radius 1 is 1.28 bits per heavy atom. The summed E-state index contributed by atoms with van der Waals surface area (Å²) >= 11 is 0. The normalized spacial score (nSPS) is 24.0. The molecule has 1 N–H and O–H groups in total. The van der Waals surface area contributed by atoms with Gasteiger partial charge in [-0.1, -0.05) is 13.8 Å². The number of aliphatic hydroxyl groups excluding tert-OH is 1. The van der Waals surface area contributed by atoms with Crippen LogP contribution in [0.25, 0.3) is 0 Å². The van der Waals surface area contributed by atoms with Gasteiger partial charge in [-0.2, -0.15) is 0 Å². The molecule has 1 heterocycles. The molecule has 0 spiro atoms. The molecule has 1 aromatic rings. The summed E-state index contributed by atoms with van der Waals surface area (Å²) in [6, 6.07) is 3.58. The van der Waals surface area contributed by atoms with Crippen molar-refractivity contribution in [2.24, 2.45) is 11.8 Å². The lowest BCUT2D eigenvalue weighted by Gasteiger charge is -2.24. The van der Waals surface area contributed by atoms with E-state index in [-0.39, 0.29) is 30.1 Å². The predicted octanol–water partition coefficient (Wildman–Crippen LogP) is 3.21. The second-order valence-corrected chi connectivity index (χ2v) is 6.59. The van der Waals surface area contributed by atoms with Gasteiger partial charge in [0.15, 0.2) is 6.10 Å². The standard InChI is InChI=1S/C19H24O6/c1-6-24-19(21)16-13(9(2)3)15-14-11(23-5)7-10(22-4)8-12(14)25-18(15)17(16)20/h7-9,13,15,18,20H,6H2,1-5H3/t13-,15+,18-/m1/s1. The van der Waals surface area contributed by atoms with E-state index >= 15 is 0 Å². The van der Waals surface area contributed by atoms with E-state index in [0.29, 0.717) is 22.8 Å². The van der Waals surface area contributed by atoms with Crippen LogP contribution in [-0.2, 0) is 9.53 Å². The van der Waals surface area contributed by atoms with Crippen molar-refractivity contribution in [3.8, 4) is 17.2 Å². The first-order valence-electron chi connectivity index (χ1n) is 8.47. The zero-order valence-corrected chi connectivity index (χ0v) is 15.2. The Morgan fingerprint density at radius 3 is 2.56 bits per heavy atom. The van der Waals surface area contributed by atoms with Crippen LogP contribution in [0.3, 0.4) is 0 Å². The Bertz CT molecular complexity index is 721. The van der Waals surface area contributed by atoms with E-state index in [1.807, 2.05) is 13.8 Å². The van der Waals surface area contributed by atoms with Crippen molar-refractivity contribution in [1.82, 2.24) is 0 Å². The maximum atomic E-state index is 12.4. The fraction of sp³-hybridized carbons (Fsp3) is 0.526. The zero-order valence-electron chi connectivity index (χ0n) is 15.2. The average Bonchev–Trinajstić information content (AvgIpc) is 3.09. The lowest BCUT2D eigenvalue weighted by molar-refractivity contribution is -0.139. The fourth-order valence-electron chi connectivity index (χ4n) is 3.95. The number of aliphatic hydroxyl groups is 1. The number of benzene rings is 1. The van der Waals surface area contributed by atoms with Crippen LogP contribution in [0, 0.1) is 11.8 Å². The summed E-state index contributed by atoms with van der Waals surface area (Å²) in [6.07, 6.45) is -0.609. The van der Waals surface area contributed by atoms with Crippen LogP contribution >= 0.6 is 0 Å². The Kier molecular flexibility index (Phi) is 4.54. The second-order valence-electron chi connectivity index (χ2n) is 6.59. The molecule has 0 amide bonds. The molecule has 6 nitrogen and oxygen atoms in total. The molecule has 25 heavy (non-hydrogen) atoms. The topological polar surface area (TPSA) is 74.2 Å². The summed E-state index contributed by atoms with van der Waals surface area (Å²) in [5.74, 6) is 1.04. The minimum absolute atomic E-state index is 0.0423. The van der Waals surface area contributed by atoms with Gasteiger partial charge in [0.25, 0.3) is 0 Å². The van der Waals surface area contributed by atoms with Crippen LogP contribution in [0.15, 0.2) is 23.5 Å². The molecule has 136 valence electrons. The number of hydrogen-bond acceptors (Lipinski definition) is 6. The molecule has 6 heteroatoms. The number of carbonyl (C=O) groups is 1. The molecule has 0 unspecified atom stereocenters. The van der Waals surface area contributed by atoms with Crippen LogP contribution in [0.4, 0.5) is 0 Å². The second kappa shape index (κ2) is 6.50. The molecule has 0 bridgehead atoms. The maximum absolute atomic E-state index is 12.4. The van der Waals surface area contributed by atoms with E-state index < -0.39 is 12.1 Å². The average molecular weight is 348 g/mol. The van der Waals surface area contributed by atoms with E-state index in [1.54, 1.807) is 33.3 Å². The molecule has 1 aromatic carbocycles. The number of methoxy groups -OCH3 is 2. The van der Waals surface area contributed by atoms with Gasteiger partial charge in [0.05, 0.1) is 26.4 Å². The van der Waals surface area contributed by atoms with Crippen LogP contribution in [-0.4, -0.2) is 38.0 Å². The molecule has 2 aliphatic rings. The molecule has 0 aromatic heterocycles. The summed E-state index contributed by atoms with van der Waals surface area (Å²) < 4.78 is 22.0. The maximum Gasteiger partial charge on any atom is 0.337 e. The summed E-state index contributed by atoms with van der Waals surface area (Å²) in [4.78, 5) is 12.4. The molecule has 0 fully saturated rings. The van der Waals surface area contributed by atoms with Gasteiger partial charge in [-0.15, -0.1) is 0 Å². The van der Waals surface area contributed by atoms with Gasteiger partial charge in [-0.05, 0) is 12.8 Å². The molecule has 1 aliphatic heterocycles. The van der Waals surface area contributed by atoms with Crippen molar-refractivity contribution in [3.05, 3.63) is 29.0 Å². The zero-order chi connectivity index (χ0) is 18.3. The van der Waals surface area contributed by atoms with Crippen LogP contribution in [0.2, 0.25) is 0 Å². The first-order chi connectivity index (χ1) is 11.9. The molecule has 3 rings (SSSR count). The smallest absolute Gasteiger partial charge is 0.337 e. The summed E-state index contributed by atoms with van der Waals surface area (Å²) in [7, 11) is 3.16. The predicted molar refractivity (Wildman–Crippen MR) is 91.3 cm³/mol. The molecular formula is C19H24O6. The number of carbonyl (C=O) groups excluding carboxylic acids is 1. The first kappa shape index (κ1) is 17.5. The highest BCUT2D eigenvalue weighted by Gasteiger charge is 2.54. The number of fused-ring (bicyclic) bond motifs is 3. The van der Waals surface area contributed by atoms with Gasteiger partial charge >= 0.3 is 5.97 Å². The van der Waals surface area contributed by atoms with Gasteiger partial charge in [-0.3, -0.25) is 0 Å². The summed E-state index contributed by atoms with van der Waals surface area (Å²) in [5, 5.41) is 10.7. The van der Waals surface area contributed by atoms with Crippen molar-refractivity contribution < 1.29 is 28.8 Å². The number of rotatable bonds is 5. The Labute approximate surface area is 147 Å².